The summed E-state index contributed by atoms with van der Waals surface area (Å²) >= 11 is 1.75. The van der Waals surface area contributed by atoms with Gasteiger partial charge in [-0.2, -0.15) is 0 Å². The predicted octanol–water partition coefficient (Wildman–Crippen LogP) is 2.57. The van der Waals surface area contributed by atoms with Crippen LogP contribution >= 0.6 is 11.3 Å². The summed E-state index contributed by atoms with van der Waals surface area (Å²) in [7, 11) is 0. The fraction of sp³-hybridized carbons (Fsp3) is 0.333. The van der Waals surface area contributed by atoms with E-state index in [4.69, 9.17) is 0 Å². The first-order chi connectivity index (χ1) is 5.93. The molecule has 3 heteroatoms. The van der Waals surface area contributed by atoms with E-state index in [9.17, 15) is 0 Å². The molecule has 1 aliphatic carbocycles. The number of nitrogens with zero attached hydrogens (tertiary/aromatic N) is 2. The van der Waals surface area contributed by atoms with Crippen LogP contribution in [0, 0.1) is 0 Å². The quantitative estimate of drug-likeness (QED) is 0.667. The molecule has 2 heterocycles. The van der Waals surface area contributed by atoms with Crippen molar-refractivity contribution in [2.45, 2.75) is 18.8 Å². The standard InChI is InChI=1S/C9H8N2S/c1-2-7-9(10-5-1)12-8(11-7)6-3-4-6/h1-2,5-6H,3-4H2. The zero-order valence-corrected chi connectivity index (χ0v) is 7.34. The Bertz CT molecular complexity index is 384. The van der Waals surface area contributed by atoms with Gasteiger partial charge in [-0.1, -0.05) is 11.3 Å². The lowest BCUT2D eigenvalue weighted by Gasteiger charge is -1.81. The molecule has 1 fully saturated rings. The molecule has 0 unspecified atom stereocenters. The molecule has 3 rings (SSSR count). The average Bonchev–Trinajstić information content (AvgIpc) is 2.85. The highest BCUT2D eigenvalue weighted by Crippen LogP contribution is 2.42. The summed E-state index contributed by atoms with van der Waals surface area (Å²) in [5, 5.41) is 1.28. The molecule has 1 saturated carbocycles. The highest BCUT2D eigenvalue weighted by molar-refractivity contribution is 7.18. The van der Waals surface area contributed by atoms with Crippen molar-refractivity contribution in [1.29, 1.82) is 0 Å². The number of rotatable bonds is 1. The van der Waals surface area contributed by atoms with Crippen LogP contribution in [0.15, 0.2) is 18.3 Å². The lowest BCUT2D eigenvalue weighted by Crippen LogP contribution is -1.73. The van der Waals surface area contributed by atoms with Crippen molar-refractivity contribution in [2.75, 3.05) is 0 Å². The van der Waals surface area contributed by atoms with E-state index in [0.29, 0.717) is 0 Å². The van der Waals surface area contributed by atoms with Gasteiger partial charge in [-0.3, -0.25) is 0 Å². The van der Waals surface area contributed by atoms with E-state index >= 15 is 0 Å². The van der Waals surface area contributed by atoms with Gasteiger partial charge in [0.05, 0.1) is 5.01 Å². The molecule has 0 amide bonds. The maximum atomic E-state index is 4.53. The van der Waals surface area contributed by atoms with E-state index in [1.807, 2.05) is 18.3 Å². The third-order valence-corrected chi connectivity index (χ3v) is 3.25. The second-order valence-corrected chi connectivity index (χ2v) is 4.16. The highest BCUT2D eigenvalue weighted by Gasteiger charge is 2.26. The summed E-state index contributed by atoms with van der Waals surface area (Å²) in [5.41, 5.74) is 1.06. The number of hydrogen-bond acceptors (Lipinski definition) is 3. The van der Waals surface area contributed by atoms with Crippen LogP contribution in [0.4, 0.5) is 0 Å². The lowest BCUT2D eigenvalue weighted by molar-refractivity contribution is 1.10. The van der Waals surface area contributed by atoms with Crippen molar-refractivity contribution in [3.63, 3.8) is 0 Å². The zero-order chi connectivity index (χ0) is 7.97. The van der Waals surface area contributed by atoms with Crippen molar-refractivity contribution in [1.82, 2.24) is 9.97 Å². The molecular weight excluding hydrogens is 168 g/mol. The van der Waals surface area contributed by atoms with Crippen molar-refractivity contribution in [3.8, 4) is 0 Å². The summed E-state index contributed by atoms with van der Waals surface area (Å²) < 4.78 is 0. The summed E-state index contributed by atoms with van der Waals surface area (Å²) in [6.45, 7) is 0. The molecule has 0 radical (unpaired) electrons. The predicted molar refractivity (Wildman–Crippen MR) is 49.4 cm³/mol. The maximum Gasteiger partial charge on any atom is 0.143 e. The number of aromatic nitrogens is 2. The molecule has 1 aliphatic rings. The third-order valence-electron chi connectivity index (χ3n) is 2.11. The highest BCUT2D eigenvalue weighted by atomic mass is 32.1. The Hall–Kier alpha value is -0.960. The Morgan fingerprint density at radius 3 is 3.08 bits per heavy atom. The molecule has 2 nitrogen and oxygen atoms in total. The summed E-state index contributed by atoms with van der Waals surface area (Å²) in [4.78, 5) is 9.88. The fourth-order valence-corrected chi connectivity index (χ4v) is 2.37. The van der Waals surface area contributed by atoms with Gasteiger partial charge in [0.1, 0.15) is 10.3 Å². The van der Waals surface area contributed by atoms with Gasteiger partial charge in [0.15, 0.2) is 0 Å². The van der Waals surface area contributed by atoms with Crippen LogP contribution in [-0.2, 0) is 0 Å². The Balaban J connectivity index is 2.23. The Morgan fingerprint density at radius 2 is 2.33 bits per heavy atom. The molecule has 2 aromatic rings. The third kappa shape index (κ3) is 0.932. The van der Waals surface area contributed by atoms with Gasteiger partial charge in [0.2, 0.25) is 0 Å². The van der Waals surface area contributed by atoms with Crippen LogP contribution in [-0.4, -0.2) is 9.97 Å². The maximum absolute atomic E-state index is 4.53. The Kier molecular flexibility index (Phi) is 1.23. The molecule has 0 aromatic carbocycles. The van der Waals surface area contributed by atoms with E-state index in [0.717, 1.165) is 16.3 Å². The molecule has 0 bridgehead atoms. The normalized spacial score (nSPS) is 17.0. The van der Waals surface area contributed by atoms with E-state index in [2.05, 4.69) is 9.97 Å². The van der Waals surface area contributed by atoms with Crippen molar-refractivity contribution in [2.24, 2.45) is 0 Å². The molecule has 0 saturated heterocycles. The average molecular weight is 176 g/mol. The van der Waals surface area contributed by atoms with Crippen molar-refractivity contribution < 1.29 is 0 Å². The summed E-state index contributed by atoms with van der Waals surface area (Å²) in [6.07, 6.45) is 4.47. The first kappa shape index (κ1) is 6.54. The molecule has 0 atom stereocenters. The molecule has 0 aliphatic heterocycles. The molecule has 60 valence electrons. The molecular formula is C9H8N2S. The second-order valence-electron chi connectivity index (χ2n) is 3.15. The Morgan fingerprint density at radius 1 is 1.42 bits per heavy atom. The number of thiazole rings is 1. The van der Waals surface area contributed by atoms with Crippen LogP contribution in [0.2, 0.25) is 0 Å². The molecule has 0 N–H and O–H groups in total. The van der Waals surface area contributed by atoms with Crippen LogP contribution in [0.1, 0.15) is 23.8 Å². The second kappa shape index (κ2) is 2.26. The van der Waals surface area contributed by atoms with Gasteiger partial charge in [-0.25, -0.2) is 9.97 Å². The monoisotopic (exact) mass is 176 g/mol. The van der Waals surface area contributed by atoms with Crippen LogP contribution < -0.4 is 0 Å². The van der Waals surface area contributed by atoms with Gasteiger partial charge >= 0.3 is 0 Å². The molecule has 12 heavy (non-hydrogen) atoms. The first-order valence-electron chi connectivity index (χ1n) is 4.15. The summed E-state index contributed by atoms with van der Waals surface area (Å²) in [6, 6.07) is 3.98. The number of hydrogen-bond donors (Lipinski definition) is 0. The molecule has 0 spiro atoms. The van der Waals surface area contributed by atoms with E-state index in [1.54, 1.807) is 11.3 Å². The SMILES string of the molecule is c1cnc2sc(C3CC3)nc2c1. The minimum Gasteiger partial charge on any atom is -0.244 e. The first-order valence-corrected chi connectivity index (χ1v) is 4.96. The largest absolute Gasteiger partial charge is 0.244 e. The zero-order valence-electron chi connectivity index (χ0n) is 6.53. The minimum atomic E-state index is 0.754. The minimum absolute atomic E-state index is 0.754. The van der Waals surface area contributed by atoms with Crippen LogP contribution in [0.5, 0.6) is 0 Å². The van der Waals surface area contributed by atoms with Gasteiger partial charge in [0, 0.05) is 12.1 Å². The van der Waals surface area contributed by atoms with Crippen molar-refractivity contribution >= 4 is 21.7 Å². The lowest BCUT2D eigenvalue weighted by atomic mass is 10.4. The fourth-order valence-electron chi connectivity index (χ4n) is 1.29. The molecule has 2 aromatic heterocycles. The Labute approximate surface area is 74.3 Å². The topological polar surface area (TPSA) is 25.8 Å². The van der Waals surface area contributed by atoms with Crippen LogP contribution in [0.3, 0.4) is 0 Å². The van der Waals surface area contributed by atoms with E-state index in [-0.39, 0.29) is 0 Å². The number of pyridine rings is 1. The van der Waals surface area contributed by atoms with Gasteiger partial charge in [-0.15, -0.1) is 0 Å². The van der Waals surface area contributed by atoms with Crippen LogP contribution in [0.25, 0.3) is 10.3 Å². The van der Waals surface area contributed by atoms with E-state index in [1.165, 1.54) is 17.8 Å². The van der Waals surface area contributed by atoms with Crippen molar-refractivity contribution in [3.05, 3.63) is 23.3 Å². The summed E-state index contributed by atoms with van der Waals surface area (Å²) in [5.74, 6) is 0.754. The van der Waals surface area contributed by atoms with Gasteiger partial charge in [-0.05, 0) is 25.0 Å². The van der Waals surface area contributed by atoms with Gasteiger partial charge < -0.3 is 0 Å². The van der Waals surface area contributed by atoms with E-state index < -0.39 is 0 Å². The number of fused-ring (bicyclic) bond motifs is 1. The smallest absolute Gasteiger partial charge is 0.143 e. The van der Waals surface area contributed by atoms with Gasteiger partial charge in [0.25, 0.3) is 0 Å².